The Morgan fingerprint density at radius 3 is 3.08 bits per heavy atom. The average Bonchev–Trinajstić information content (AvgIpc) is 3.11. The van der Waals surface area contributed by atoms with Crippen molar-refractivity contribution in [2.45, 2.75) is 12.5 Å². The van der Waals surface area contributed by atoms with Crippen molar-refractivity contribution in [1.29, 1.82) is 0 Å². The second-order valence-electron chi connectivity index (χ2n) is 5.69. The predicted molar refractivity (Wildman–Crippen MR) is 99.3 cm³/mol. The Morgan fingerprint density at radius 2 is 2.29 bits per heavy atom. The highest BCUT2D eigenvalue weighted by atomic mass is 32.2. The molecule has 0 spiro atoms. The molecular formula is C18H22N4OS. The fraction of sp³-hybridized carbons (Fsp3) is 0.333. The van der Waals surface area contributed by atoms with Crippen LogP contribution >= 0.6 is 11.8 Å². The number of benzene rings is 1. The van der Waals surface area contributed by atoms with Gasteiger partial charge in [0.15, 0.2) is 0 Å². The first-order valence-corrected chi connectivity index (χ1v) is 9.34. The molecule has 0 bridgehead atoms. The molecule has 24 heavy (non-hydrogen) atoms. The molecule has 126 valence electrons. The number of para-hydroxylation sites is 1. The number of thioether (sulfide) groups is 1. The number of nitrogens with zero attached hydrogens (tertiary/aromatic N) is 2. The lowest BCUT2D eigenvalue weighted by Gasteiger charge is -2.22. The number of rotatable bonds is 6. The van der Waals surface area contributed by atoms with Crippen LogP contribution in [0.4, 0.5) is 0 Å². The maximum Gasteiger partial charge on any atom is 0.244 e. The first-order chi connectivity index (χ1) is 11.8. The van der Waals surface area contributed by atoms with Crippen LogP contribution in [0.3, 0.4) is 0 Å². The van der Waals surface area contributed by atoms with Crippen molar-refractivity contribution in [2.75, 3.05) is 24.6 Å². The molecule has 0 saturated carbocycles. The van der Waals surface area contributed by atoms with Gasteiger partial charge in [-0.3, -0.25) is 4.79 Å². The number of amides is 1. The van der Waals surface area contributed by atoms with Crippen LogP contribution in [0.2, 0.25) is 0 Å². The van der Waals surface area contributed by atoms with Gasteiger partial charge in [-0.2, -0.15) is 16.9 Å². The molecule has 2 aromatic rings. The van der Waals surface area contributed by atoms with E-state index in [4.69, 9.17) is 0 Å². The molecule has 3 rings (SSSR count). The fourth-order valence-electron chi connectivity index (χ4n) is 2.55. The van der Waals surface area contributed by atoms with E-state index in [1.807, 2.05) is 48.3 Å². The van der Waals surface area contributed by atoms with E-state index in [-0.39, 0.29) is 5.91 Å². The van der Waals surface area contributed by atoms with Gasteiger partial charge in [0.05, 0.1) is 11.9 Å². The lowest BCUT2D eigenvalue weighted by molar-refractivity contribution is -0.116. The fourth-order valence-corrected chi connectivity index (χ4v) is 3.55. The molecule has 1 saturated heterocycles. The molecule has 1 amide bonds. The first kappa shape index (κ1) is 16.8. The zero-order valence-corrected chi connectivity index (χ0v) is 14.3. The zero-order valence-electron chi connectivity index (χ0n) is 13.5. The van der Waals surface area contributed by atoms with Gasteiger partial charge in [0.2, 0.25) is 5.91 Å². The molecule has 0 aliphatic carbocycles. The van der Waals surface area contributed by atoms with Crippen LogP contribution in [0.15, 0.2) is 48.8 Å². The monoisotopic (exact) mass is 342 g/mol. The maximum absolute atomic E-state index is 11.9. The molecule has 2 heterocycles. The number of aromatic nitrogens is 2. The summed E-state index contributed by atoms with van der Waals surface area (Å²) in [4.78, 5) is 11.9. The summed E-state index contributed by atoms with van der Waals surface area (Å²) in [5.41, 5.74) is 1.90. The highest BCUT2D eigenvalue weighted by Crippen LogP contribution is 2.10. The van der Waals surface area contributed by atoms with E-state index in [0.29, 0.717) is 12.6 Å². The van der Waals surface area contributed by atoms with Crippen molar-refractivity contribution in [3.05, 3.63) is 54.4 Å². The molecule has 5 nitrogen and oxygen atoms in total. The average molecular weight is 342 g/mol. The maximum atomic E-state index is 11.9. The molecule has 1 fully saturated rings. The molecule has 0 radical (unpaired) electrons. The van der Waals surface area contributed by atoms with Crippen LogP contribution in [0.1, 0.15) is 12.0 Å². The van der Waals surface area contributed by atoms with Crippen LogP contribution in [0.5, 0.6) is 0 Å². The Labute approximate surface area is 146 Å². The van der Waals surface area contributed by atoms with E-state index < -0.39 is 0 Å². The quantitative estimate of drug-likeness (QED) is 0.790. The Hall–Kier alpha value is -2.05. The zero-order chi connectivity index (χ0) is 16.6. The summed E-state index contributed by atoms with van der Waals surface area (Å²) < 4.78 is 1.80. The minimum absolute atomic E-state index is 0.0640. The molecule has 1 aromatic carbocycles. The Kier molecular flexibility index (Phi) is 6.09. The van der Waals surface area contributed by atoms with Gasteiger partial charge in [-0.1, -0.05) is 18.2 Å². The van der Waals surface area contributed by atoms with Crippen LogP contribution in [0.25, 0.3) is 11.8 Å². The first-order valence-electron chi connectivity index (χ1n) is 8.18. The second kappa shape index (κ2) is 8.70. The van der Waals surface area contributed by atoms with Gasteiger partial charge in [-0.25, -0.2) is 4.68 Å². The topological polar surface area (TPSA) is 59.0 Å². The molecule has 1 aliphatic rings. The van der Waals surface area contributed by atoms with Crippen molar-refractivity contribution in [3.63, 3.8) is 0 Å². The van der Waals surface area contributed by atoms with Gasteiger partial charge in [-0.15, -0.1) is 0 Å². The predicted octanol–water partition coefficient (Wildman–Crippen LogP) is 2.10. The minimum Gasteiger partial charge on any atom is -0.352 e. The smallest absolute Gasteiger partial charge is 0.244 e. The van der Waals surface area contributed by atoms with E-state index >= 15 is 0 Å². The standard InChI is InChI=1S/C18H22N4OS/c23-18(20-9-8-16-14-24-11-10-19-16)7-6-15-12-21-22(13-15)17-4-2-1-3-5-17/h1-7,12-13,16,19H,8-11,14H2,(H,20,23). The number of hydrogen-bond acceptors (Lipinski definition) is 4. The number of carbonyl (C=O) groups is 1. The summed E-state index contributed by atoms with van der Waals surface area (Å²) in [6, 6.07) is 10.4. The van der Waals surface area contributed by atoms with E-state index in [9.17, 15) is 4.79 Å². The SMILES string of the molecule is O=C(C=Cc1cnn(-c2ccccc2)c1)NCCC1CSCCN1. The van der Waals surface area contributed by atoms with Gasteiger partial charge in [0, 0.05) is 48.5 Å². The number of nitrogens with one attached hydrogen (secondary N) is 2. The van der Waals surface area contributed by atoms with Crippen LogP contribution in [-0.2, 0) is 4.79 Å². The van der Waals surface area contributed by atoms with Crippen molar-refractivity contribution in [2.24, 2.45) is 0 Å². The van der Waals surface area contributed by atoms with Crippen molar-refractivity contribution >= 4 is 23.7 Å². The summed E-state index contributed by atoms with van der Waals surface area (Å²) in [5.74, 6) is 2.25. The van der Waals surface area contributed by atoms with Gasteiger partial charge in [0.25, 0.3) is 0 Å². The summed E-state index contributed by atoms with van der Waals surface area (Å²) >= 11 is 1.97. The second-order valence-corrected chi connectivity index (χ2v) is 6.84. The van der Waals surface area contributed by atoms with Crippen molar-refractivity contribution in [3.8, 4) is 5.69 Å². The normalized spacial score (nSPS) is 17.9. The molecular weight excluding hydrogens is 320 g/mol. The van der Waals surface area contributed by atoms with Gasteiger partial charge < -0.3 is 10.6 Å². The Bertz CT molecular complexity index is 677. The van der Waals surface area contributed by atoms with Crippen molar-refractivity contribution in [1.82, 2.24) is 20.4 Å². The van der Waals surface area contributed by atoms with Gasteiger partial charge in [0.1, 0.15) is 0 Å². The number of carbonyl (C=O) groups excluding carboxylic acids is 1. The third kappa shape index (κ3) is 4.97. The number of hydrogen-bond donors (Lipinski definition) is 2. The summed E-state index contributed by atoms with van der Waals surface area (Å²) in [6.45, 7) is 1.76. The molecule has 1 aromatic heterocycles. The van der Waals surface area contributed by atoms with E-state index in [1.165, 1.54) is 5.75 Å². The van der Waals surface area contributed by atoms with E-state index in [0.717, 1.165) is 30.0 Å². The Balaban J connectivity index is 1.45. The van der Waals surface area contributed by atoms with Crippen LogP contribution < -0.4 is 10.6 Å². The largest absolute Gasteiger partial charge is 0.352 e. The summed E-state index contributed by atoms with van der Waals surface area (Å²) in [6.07, 6.45) is 7.98. The molecule has 6 heteroatoms. The molecule has 2 N–H and O–H groups in total. The van der Waals surface area contributed by atoms with Gasteiger partial charge in [-0.05, 0) is 24.6 Å². The summed E-state index contributed by atoms with van der Waals surface area (Å²) in [5, 5.41) is 10.7. The lowest BCUT2D eigenvalue weighted by Crippen LogP contribution is -2.39. The van der Waals surface area contributed by atoms with Crippen LogP contribution in [0, 0.1) is 0 Å². The molecule has 1 unspecified atom stereocenters. The van der Waals surface area contributed by atoms with Crippen molar-refractivity contribution < 1.29 is 4.79 Å². The highest BCUT2D eigenvalue weighted by Gasteiger charge is 2.12. The lowest BCUT2D eigenvalue weighted by atomic mass is 10.2. The summed E-state index contributed by atoms with van der Waals surface area (Å²) in [7, 11) is 0. The highest BCUT2D eigenvalue weighted by molar-refractivity contribution is 7.99. The van der Waals surface area contributed by atoms with E-state index in [1.54, 1.807) is 23.0 Å². The third-order valence-corrected chi connectivity index (χ3v) is 4.97. The van der Waals surface area contributed by atoms with Gasteiger partial charge >= 0.3 is 0 Å². The molecule has 1 aliphatic heterocycles. The molecule has 1 atom stereocenters. The van der Waals surface area contributed by atoms with Crippen LogP contribution in [-0.4, -0.2) is 46.3 Å². The third-order valence-electron chi connectivity index (χ3n) is 3.84. The Morgan fingerprint density at radius 1 is 1.42 bits per heavy atom. The van der Waals surface area contributed by atoms with E-state index in [2.05, 4.69) is 15.7 Å². The minimum atomic E-state index is -0.0640.